The molecule has 1 amide bonds. The minimum atomic E-state index is -3.49. The van der Waals surface area contributed by atoms with Crippen LogP contribution in [-0.2, 0) is 23.0 Å². The van der Waals surface area contributed by atoms with Crippen LogP contribution in [0.2, 0.25) is 0 Å². The molecule has 3 rings (SSSR count). The van der Waals surface area contributed by atoms with Gasteiger partial charge < -0.3 is 5.32 Å². The van der Waals surface area contributed by atoms with Gasteiger partial charge in [-0.3, -0.25) is 9.10 Å². The molecule has 6 heteroatoms. The van der Waals surface area contributed by atoms with Gasteiger partial charge in [0.05, 0.1) is 18.5 Å². The van der Waals surface area contributed by atoms with Crippen LogP contribution < -0.4 is 9.62 Å². The highest BCUT2D eigenvalue weighted by atomic mass is 32.2. The molecule has 0 atom stereocenters. The second-order valence-corrected chi connectivity index (χ2v) is 9.90. The third kappa shape index (κ3) is 6.20. The molecule has 0 saturated carbocycles. The summed E-state index contributed by atoms with van der Waals surface area (Å²) in [6.45, 7) is 4.36. The zero-order valence-electron chi connectivity index (χ0n) is 18.8. The number of carbonyl (C=O) groups excluding carboxylic acids is 1. The number of nitrogens with zero attached hydrogens (tertiary/aromatic N) is 1. The van der Waals surface area contributed by atoms with E-state index in [1.54, 1.807) is 24.3 Å². The summed E-state index contributed by atoms with van der Waals surface area (Å²) in [7, 11) is -3.49. The largest absolute Gasteiger partial charge is 0.322 e. The van der Waals surface area contributed by atoms with Crippen molar-refractivity contribution in [2.45, 2.75) is 39.7 Å². The van der Waals surface area contributed by atoms with Gasteiger partial charge in [0.1, 0.15) is 0 Å². The number of sulfonamides is 1. The Kier molecular flexibility index (Phi) is 7.70. The van der Waals surface area contributed by atoms with Crippen LogP contribution in [0, 0.1) is 6.92 Å². The zero-order chi connectivity index (χ0) is 23.1. The van der Waals surface area contributed by atoms with E-state index in [9.17, 15) is 13.2 Å². The lowest BCUT2D eigenvalue weighted by Crippen LogP contribution is -2.29. The van der Waals surface area contributed by atoms with Crippen molar-refractivity contribution in [2.75, 3.05) is 15.9 Å². The number of unbranched alkanes of at least 4 members (excludes halogenated alkanes) is 1. The molecule has 0 aliphatic heterocycles. The molecule has 0 fully saturated rings. The summed E-state index contributed by atoms with van der Waals surface area (Å²) in [5, 5.41) is 2.90. The summed E-state index contributed by atoms with van der Waals surface area (Å²) in [4.78, 5) is 12.6. The van der Waals surface area contributed by atoms with E-state index in [2.05, 4.69) is 12.2 Å². The van der Waals surface area contributed by atoms with Gasteiger partial charge in [-0.25, -0.2) is 8.42 Å². The van der Waals surface area contributed by atoms with Gasteiger partial charge in [-0.1, -0.05) is 49.7 Å². The maximum atomic E-state index is 12.6. The smallest absolute Gasteiger partial charge is 0.255 e. The van der Waals surface area contributed by atoms with Crippen LogP contribution in [0.15, 0.2) is 72.8 Å². The SMILES string of the molecule is CCCCc1ccc(NC(=O)c2ccc(N(Cc3ccccc3C)S(C)(=O)=O)cc2)cc1. The molecule has 0 spiro atoms. The molecule has 0 bridgehead atoms. The molecule has 1 N–H and O–H groups in total. The summed E-state index contributed by atoms with van der Waals surface area (Å²) in [5.74, 6) is -0.234. The van der Waals surface area contributed by atoms with E-state index in [4.69, 9.17) is 0 Å². The van der Waals surface area contributed by atoms with E-state index < -0.39 is 10.0 Å². The van der Waals surface area contributed by atoms with Crippen molar-refractivity contribution in [3.05, 3.63) is 95.1 Å². The monoisotopic (exact) mass is 450 g/mol. The van der Waals surface area contributed by atoms with Crippen LogP contribution >= 0.6 is 0 Å². The summed E-state index contributed by atoms with van der Waals surface area (Å²) in [5.41, 5.74) is 4.93. The lowest BCUT2D eigenvalue weighted by atomic mass is 10.1. The van der Waals surface area contributed by atoms with Crippen LogP contribution in [-0.4, -0.2) is 20.6 Å². The fourth-order valence-electron chi connectivity index (χ4n) is 3.46. The standard InChI is InChI=1S/C26H30N2O3S/c1-4-5-9-21-11-15-24(16-12-21)27-26(29)22-13-17-25(18-14-22)28(32(3,30)31)19-23-10-7-6-8-20(23)2/h6-8,10-18H,4-5,9,19H2,1-3H3,(H,27,29). The van der Waals surface area contributed by atoms with E-state index in [-0.39, 0.29) is 12.5 Å². The lowest BCUT2D eigenvalue weighted by molar-refractivity contribution is 0.102. The molecule has 32 heavy (non-hydrogen) atoms. The number of anilines is 2. The molecule has 0 aliphatic carbocycles. The van der Waals surface area contributed by atoms with Crippen molar-refractivity contribution in [3.63, 3.8) is 0 Å². The predicted molar refractivity (Wildman–Crippen MR) is 132 cm³/mol. The first-order valence-corrected chi connectivity index (χ1v) is 12.7. The number of nitrogens with one attached hydrogen (secondary N) is 1. The second kappa shape index (κ2) is 10.5. The van der Waals surface area contributed by atoms with Crippen molar-refractivity contribution in [2.24, 2.45) is 0 Å². The Morgan fingerprint density at radius 1 is 0.938 bits per heavy atom. The molecule has 0 aliphatic rings. The van der Waals surface area contributed by atoms with E-state index in [0.29, 0.717) is 11.3 Å². The average Bonchev–Trinajstić information content (AvgIpc) is 2.77. The minimum absolute atomic E-state index is 0.234. The quantitative estimate of drug-likeness (QED) is 0.464. The first kappa shape index (κ1) is 23.5. The van der Waals surface area contributed by atoms with Gasteiger partial charge in [0.25, 0.3) is 5.91 Å². The third-order valence-electron chi connectivity index (χ3n) is 5.42. The van der Waals surface area contributed by atoms with Crippen molar-refractivity contribution in [1.82, 2.24) is 0 Å². The Bertz CT molecular complexity index is 1150. The van der Waals surface area contributed by atoms with Crippen molar-refractivity contribution in [3.8, 4) is 0 Å². The Labute approximate surface area is 191 Å². The molecule has 3 aromatic carbocycles. The average molecular weight is 451 g/mol. The molecular weight excluding hydrogens is 420 g/mol. The van der Waals surface area contributed by atoms with Gasteiger partial charge >= 0.3 is 0 Å². The molecule has 0 unspecified atom stereocenters. The highest BCUT2D eigenvalue weighted by molar-refractivity contribution is 7.92. The topological polar surface area (TPSA) is 66.5 Å². The Morgan fingerprint density at radius 2 is 1.59 bits per heavy atom. The summed E-state index contributed by atoms with van der Waals surface area (Å²) in [6, 6.07) is 22.2. The van der Waals surface area contributed by atoms with E-state index in [0.717, 1.165) is 36.1 Å². The molecule has 0 aromatic heterocycles. The first-order valence-electron chi connectivity index (χ1n) is 10.8. The molecular formula is C26H30N2O3S. The number of aryl methyl sites for hydroxylation is 2. The number of benzene rings is 3. The van der Waals surface area contributed by atoms with Crippen LogP contribution in [0.5, 0.6) is 0 Å². The van der Waals surface area contributed by atoms with Crippen LogP contribution in [0.25, 0.3) is 0 Å². The van der Waals surface area contributed by atoms with Gasteiger partial charge in [0, 0.05) is 11.3 Å². The number of rotatable bonds is 9. The summed E-state index contributed by atoms with van der Waals surface area (Å²) < 4.78 is 26.2. The first-order chi connectivity index (χ1) is 15.3. The van der Waals surface area contributed by atoms with Gasteiger partial charge in [-0.15, -0.1) is 0 Å². The fourth-order valence-corrected chi connectivity index (χ4v) is 4.34. The van der Waals surface area contributed by atoms with Gasteiger partial charge in [0.15, 0.2) is 0 Å². The Balaban J connectivity index is 1.73. The Hall–Kier alpha value is -3.12. The number of hydrogen-bond acceptors (Lipinski definition) is 3. The second-order valence-electron chi connectivity index (χ2n) is 8.00. The zero-order valence-corrected chi connectivity index (χ0v) is 19.7. The molecule has 168 valence electrons. The van der Waals surface area contributed by atoms with Crippen molar-refractivity contribution >= 4 is 27.3 Å². The maximum absolute atomic E-state index is 12.6. The highest BCUT2D eigenvalue weighted by Gasteiger charge is 2.19. The van der Waals surface area contributed by atoms with Gasteiger partial charge in [-0.2, -0.15) is 0 Å². The van der Waals surface area contributed by atoms with Crippen molar-refractivity contribution < 1.29 is 13.2 Å². The van der Waals surface area contributed by atoms with E-state index in [1.807, 2.05) is 55.5 Å². The molecule has 0 saturated heterocycles. The highest BCUT2D eigenvalue weighted by Crippen LogP contribution is 2.23. The van der Waals surface area contributed by atoms with Crippen molar-refractivity contribution in [1.29, 1.82) is 0 Å². The van der Waals surface area contributed by atoms with Crippen LogP contribution in [0.1, 0.15) is 46.8 Å². The summed E-state index contributed by atoms with van der Waals surface area (Å²) >= 11 is 0. The fraction of sp³-hybridized carbons (Fsp3) is 0.269. The summed E-state index contributed by atoms with van der Waals surface area (Å²) in [6.07, 6.45) is 4.52. The number of hydrogen-bond donors (Lipinski definition) is 1. The van der Waals surface area contributed by atoms with Crippen LogP contribution in [0.3, 0.4) is 0 Å². The van der Waals surface area contributed by atoms with Gasteiger partial charge in [-0.05, 0) is 72.9 Å². The minimum Gasteiger partial charge on any atom is -0.322 e. The van der Waals surface area contributed by atoms with Crippen LogP contribution in [0.4, 0.5) is 11.4 Å². The van der Waals surface area contributed by atoms with Gasteiger partial charge in [0.2, 0.25) is 10.0 Å². The van der Waals surface area contributed by atoms with E-state index in [1.165, 1.54) is 16.1 Å². The Morgan fingerprint density at radius 3 is 2.19 bits per heavy atom. The third-order valence-corrected chi connectivity index (χ3v) is 6.56. The molecule has 0 radical (unpaired) electrons. The van der Waals surface area contributed by atoms with E-state index >= 15 is 0 Å². The number of amides is 1. The maximum Gasteiger partial charge on any atom is 0.255 e. The lowest BCUT2D eigenvalue weighted by Gasteiger charge is -2.23. The molecule has 5 nitrogen and oxygen atoms in total. The number of carbonyl (C=O) groups is 1. The molecule has 0 heterocycles. The normalized spacial score (nSPS) is 11.2. The predicted octanol–water partition coefficient (Wildman–Crippen LogP) is 5.56. The molecule has 3 aromatic rings.